The van der Waals surface area contributed by atoms with Crippen molar-refractivity contribution >= 4 is 5.69 Å². The van der Waals surface area contributed by atoms with Crippen LogP contribution in [0.4, 0.5) is 14.5 Å². The van der Waals surface area contributed by atoms with Crippen molar-refractivity contribution in [2.75, 3.05) is 18.5 Å². The summed E-state index contributed by atoms with van der Waals surface area (Å²) in [5.41, 5.74) is 1.48. The summed E-state index contributed by atoms with van der Waals surface area (Å²) in [5, 5.41) is 18.3. The molecular formula is C17H16F2N4O2. The molecule has 0 saturated carbocycles. The van der Waals surface area contributed by atoms with E-state index in [1.54, 1.807) is 18.3 Å². The number of nitrogens with one attached hydrogen (secondary N) is 2. The minimum atomic E-state index is -0.655. The maximum Gasteiger partial charge on any atom is 0.213 e. The van der Waals surface area contributed by atoms with Crippen molar-refractivity contribution in [3.05, 3.63) is 59.9 Å². The van der Waals surface area contributed by atoms with Crippen LogP contribution in [0.5, 0.6) is 5.88 Å². The summed E-state index contributed by atoms with van der Waals surface area (Å²) < 4.78 is 33.1. The Balaban J connectivity index is 1.72. The highest BCUT2D eigenvalue weighted by Crippen LogP contribution is 2.27. The van der Waals surface area contributed by atoms with Crippen molar-refractivity contribution in [2.45, 2.75) is 6.54 Å². The summed E-state index contributed by atoms with van der Waals surface area (Å²) in [6.45, 7) is 0.391. The Morgan fingerprint density at radius 2 is 1.92 bits per heavy atom. The molecule has 0 unspecified atom stereocenters. The molecule has 0 bridgehead atoms. The lowest BCUT2D eigenvalue weighted by Gasteiger charge is -2.09. The van der Waals surface area contributed by atoms with Crippen LogP contribution >= 0.6 is 0 Å². The molecule has 8 heteroatoms. The Morgan fingerprint density at radius 1 is 1.12 bits per heavy atom. The first-order chi connectivity index (χ1) is 12.2. The number of rotatable bonds is 7. The molecular weight excluding hydrogens is 330 g/mol. The molecule has 3 rings (SSSR count). The SMILES string of the molecule is OCCOc1ccc(NCc2cn[nH]c2-c2c(F)cccc2F)cn1. The molecule has 0 saturated heterocycles. The fourth-order valence-corrected chi connectivity index (χ4v) is 2.32. The maximum atomic E-state index is 14.0. The second kappa shape index (κ2) is 7.71. The van der Waals surface area contributed by atoms with Gasteiger partial charge >= 0.3 is 0 Å². The second-order valence-corrected chi connectivity index (χ2v) is 5.18. The first kappa shape index (κ1) is 16.8. The number of aromatic nitrogens is 3. The summed E-state index contributed by atoms with van der Waals surface area (Å²) in [5.74, 6) is -0.910. The molecule has 0 fully saturated rings. The predicted molar refractivity (Wildman–Crippen MR) is 88.1 cm³/mol. The monoisotopic (exact) mass is 346 g/mol. The summed E-state index contributed by atoms with van der Waals surface area (Å²) in [6.07, 6.45) is 3.08. The number of aliphatic hydroxyl groups excluding tert-OH is 1. The Bertz CT molecular complexity index is 817. The average molecular weight is 346 g/mol. The number of aromatic amines is 1. The lowest BCUT2D eigenvalue weighted by Crippen LogP contribution is -2.04. The van der Waals surface area contributed by atoms with Crippen molar-refractivity contribution in [1.82, 2.24) is 15.2 Å². The molecule has 0 aliphatic heterocycles. The van der Waals surface area contributed by atoms with Gasteiger partial charge in [-0.1, -0.05) is 6.07 Å². The van der Waals surface area contributed by atoms with Crippen LogP contribution in [0.1, 0.15) is 5.56 Å². The normalized spacial score (nSPS) is 10.7. The number of hydrogen-bond acceptors (Lipinski definition) is 5. The molecule has 2 heterocycles. The van der Waals surface area contributed by atoms with Crippen molar-refractivity contribution in [2.24, 2.45) is 0 Å². The molecule has 0 atom stereocenters. The molecule has 3 N–H and O–H groups in total. The average Bonchev–Trinajstić information content (AvgIpc) is 3.07. The Morgan fingerprint density at radius 3 is 2.60 bits per heavy atom. The highest BCUT2D eigenvalue weighted by atomic mass is 19.1. The van der Waals surface area contributed by atoms with Gasteiger partial charge < -0.3 is 15.2 Å². The van der Waals surface area contributed by atoms with E-state index in [4.69, 9.17) is 9.84 Å². The van der Waals surface area contributed by atoms with Gasteiger partial charge in [-0.3, -0.25) is 5.10 Å². The number of pyridine rings is 1. The molecule has 2 aromatic heterocycles. The lowest BCUT2D eigenvalue weighted by atomic mass is 10.1. The fraction of sp³-hybridized carbons (Fsp3) is 0.176. The summed E-state index contributed by atoms with van der Waals surface area (Å²) in [4.78, 5) is 4.09. The zero-order valence-corrected chi connectivity index (χ0v) is 13.2. The summed E-state index contributed by atoms with van der Waals surface area (Å²) in [6, 6.07) is 7.12. The van der Waals surface area contributed by atoms with Gasteiger partial charge in [0.15, 0.2) is 0 Å². The Hall–Kier alpha value is -3.00. The van der Waals surface area contributed by atoms with Crippen LogP contribution in [0.2, 0.25) is 0 Å². The number of nitrogens with zero attached hydrogens (tertiary/aromatic N) is 2. The fourth-order valence-electron chi connectivity index (χ4n) is 2.32. The van der Waals surface area contributed by atoms with E-state index in [2.05, 4.69) is 20.5 Å². The van der Waals surface area contributed by atoms with Crippen LogP contribution in [0.15, 0.2) is 42.7 Å². The third-order valence-corrected chi connectivity index (χ3v) is 3.49. The first-order valence-electron chi connectivity index (χ1n) is 7.59. The van der Waals surface area contributed by atoms with Gasteiger partial charge in [0.25, 0.3) is 0 Å². The number of H-pyrrole nitrogens is 1. The van der Waals surface area contributed by atoms with Crippen LogP contribution < -0.4 is 10.1 Å². The molecule has 25 heavy (non-hydrogen) atoms. The minimum Gasteiger partial charge on any atom is -0.475 e. The first-order valence-corrected chi connectivity index (χ1v) is 7.59. The third kappa shape index (κ3) is 3.92. The van der Waals surface area contributed by atoms with E-state index in [-0.39, 0.29) is 18.8 Å². The van der Waals surface area contributed by atoms with E-state index in [1.165, 1.54) is 24.4 Å². The van der Waals surface area contributed by atoms with Gasteiger partial charge in [0.1, 0.15) is 18.2 Å². The zero-order valence-electron chi connectivity index (χ0n) is 13.2. The van der Waals surface area contributed by atoms with E-state index in [0.29, 0.717) is 29.4 Å². The predicted octanol–water partition coefficient (Wildman–Crippen LogP) is 2.73. The molecule has 0 spiro atoms. The highest BCUT2D eigenvalue weighted by Gasteiger charge is 2.16. The molecule has 1 aromatic carbocycles. The van der Waals surface area contributed by atoms with Crippen molar-refractivity contribution in [1.29, 1.82) is 0 Å². The molecule has 0 radical (unpaired) electrons. The van der Waals surface area contributed by atoms with Gasteiger partial charge in [-0.05, 0) is 18.2 Å². The topological polar surface area (TPSA) is 83.1 Å². The van der Waals surface area contributed by atoms with Crippen LogP contribution in [-0.2, 0) is 6.54 Å². The highest BCUT2D eigenvalue weighted by molar-refractivity contribution is 5.64. The van der Waals surface area contributed by atoms with Crippen LogP contribution in [0.3, 0.4) is 0 Å². The number of anilines is 1. The van der Waals surface area contributed by atoms with Crippen molar-refractivity contribution < 1.29 is 18.6 Å². The number of benzene rings is 1. The number of hydrogen-bond donors (Lipinski definition) is 3. The summed E-state index contributed by atoms with van der Waals surface area (Å²) in [7, 11) is 0. The van der Waals surface area contributed by atoms with Crippen LogP contribution in [0, 0.1) is 11.6 Å². The molecule has 0 aliphatic rings. The van der Waals surface area contributed by atoms with Crippen LogP contribution in [-0.4, -0.2) is 33.5 Å². The van der Waals surface area contributed by atoms with Gasteiger partial charge in [0.05, 0.1) is 35.9 Å². The van der Waals surface area contributed by atoms with E-state index in [0.717, 1.165) is 0 Å². The molecule has 130 valence electrons. The quantitative estimate of drug-likeness (QED) is 0.613. The van der Waals surface area contributed by atoms with Crippen LogP contribution in [0.25, 0.3) is 11.3 Å². The van der Waals surface area contributed by atoms with E-state index in [9.17, 15) is 8.78 Å². The third-order valence-electron chi connectivity index (χ3n) is 3.49. The molecule has 6 nitrogen and oxygen atoms in total. The van der Waals surface area contributed by atoms with Gasteiger partial charge in [-0.15, -0.1) is 0 Å². The number of halogens is 2. The second-order valence-electron chi connectivity index (χ2n) is 5.18. The minimum absolute atomic E-state index is 0.0858. The molecule has 0 aliphatic carbocycles. The van der Waals surface area contributed by atoms with Gasteiger partial charge in [0.2, 0.25) is 5.88 Å². The molecule has 0 amide bonds. The smallest absolute Gasteiger partial charge is 0.213 e. The zero-order chi connectivity index (χ0) is 17.6. The Labute approximate surface area is 142 Å². The largest absolute Gasteiger partial charge is 0.475 e. The van der Waals surface area contributed by atoms with Gasteiger partial charge in [-0.25, -0.2) is 13.8 Å². The Kier molecular flexibility index (Phi) is 5.20. The number of ether oxygens (including phenoxy) is 1. The van der Waals surface area contributed by atoms with Gasteiger partial charge in [-0.2, -0.15) is 5.10 Å². The summed E-state index contributed by atoms with van der Waals surface area (Å²) >= 11 is 0. The maximum absolute atomic E-state index is 14.0. The van der Waals surface area contributed by atoms with E-state index in [1.807, 2.05) is 0 Å². The number of aliphatic hydroxyl groups is 1. The van der Waals surface area contributed by atoms with Crippen molar-refractivity contribution in [3.63, 3.8) is 0 Å². The standard InChI is InChI=1S/C17H16F2N4O2/c18-13-2-1-3-14(19)16(13)17-11(9-22-23-17)8-20-12-4-5-15(21-10-12)25-7-6-24/h1-5,9-10,20,24H,6-8H2,(H,22,23). The lowest BCUT2D eigenvalue weighted by molar-refractivity contribution is 0.196. The van der Waals surface area contributed by atoms with E-state index < -0.39 is 11.6 Å². The van der Waals surface area contributed by atoms with Gasteiger partial charge in [0, 0.05) is 18.2 Å². The van der Waals surface area contributed by atoms with E-state index >= 15 is 0 Å². The molecule has 3 aromatic rings. The van der Waals surface area contributed by atoms with Crippen molar-refractivity contribution in [3.8, 4) is 17.1 Å².